The summed E-state index contributed by atoms with van der Waals surface area (Å²) in [5.41, 5.74) is 2.88. The highest BCUT2D eigenvalue weighted by Gasteiger charge is 2.21. The van der Waals surface area contributed by atoms with Crippen molar-refractivity contribution in [2.45, 2.75) is 19.9 Å². The van der Waals surface area contributed by atoms with Crippen molar-refractivity contribution in [2.24, 2.45) is 7.05 Å². The van der Waals surface area contributed by atoms with Crippen LogP contribution in [0.4, 0.5) is 5.69 Å². The second-order valence-electron chi connectivity index (χ2n) is 6.61. The maximum atomic E-state index is 13.0. The van der Waals surface area contributed by atoms with Gasteiger partial charge in [-0.05, 0) is 38.1 Å². The molecule has 0 aliphatic carbocycles. The van der Waals surface area contributed by atoms with Gasteiger partial charge in [-0.2, -0.15) is 0 Å². The maximum Gasteiger partial charge on any atom is 0.295 e. The highest BCUT2D eigenvalue weighted by atomic mass is 16.4. The van der Waals surface area contributed by atoms with Gasteiger partial charge in [-0.3, -0.25) is 9.48 Å². The Morgan fingerprint density at radius 2 is 1.64 bits per heavy atom. The fraction of sp³-hybridized carbons (Fsp3) is 0.190. The minimum atomic E-state index is -0.317. The standard InChI is InChI=1S/C21H21N5O2/c1-14(19-23-24-20(28-19)16-10-6-4-7-11-16)22-18-15(2)25(3)26(21(18)27)17-12-8-5-9-13-17/h4-14,22H,1-3H3. The number of hydrogen-bond acceptors (Lipinski definition) is 5. The Morgan fingerprint density at radius 3 is 2.32 bits per heavy atom. The van der Waals surface area contributed by atoms with E-state index in [-0.39, 0.29) is 11.6 Å². The maximum absolute atomic E-state index is 13.0. The zero-order valence-corrected chi connectivity index (χ0v) is 16.0. The molecule has 0 radical (unpaired) electrons. The fourth-order valence-corrected chi connectivity index (χ4v) is 3.12. The minimum Gasteiger partial charge on any atom is -0.418 e. The molecule has 0 saturated heterocycles. The molecule has 4 aromatic rings. The number of aromatic nitrogens is 4. The summed E-state index contributed by atoms with van der Waals surface area (Å²) < 4.78 is 9.27. The monoisotopic (exact) mass is 375 g/mol. The van der Waals surface area contributed by atoms with Gasteiger partial charge in [0.15, 0.2) is 0 Å². The molecule has 0 amide bonds. The van der Waals surface area contributed by atoms with Gasteiger partial charge in [0.1, 0.15) is 11.7 Å². The summed E-state index contributed by atoms with van der Waals surface area (Å²) >= 11 is 0. The Balaban J connectivity index is 1.63. The second-order valence-corrected chi connectivity index (χ2v) is 6.61. The molecule has 1 atom stereocenters. The molecular formula is C21H21N5O2. The van der Waals surface area contributed by atoms with Crippen molar-refractivity contribution in [2.75, 3.05) is 5.32 Å². The zero-order chi connectivity index (χ0) is 19.7. The van der Waals surface area contributed by atoms with Crippen molar-refractivity contribution in [3.8, 4) is 17.1 Å². The van der Waals surface area contributed by atoms with E-state index < -0.39 is 0 Å². The van der Waals surface area contributed by atoms with Gasteiger partial charge in [0, 0.05) is 12.6 Å². The Morgan fingerprint density at radius 1 is 1.00 bits per heavy atom. The molecule has 1 N–H and O–H groups in total. The first-order valence-electron chi connectivity index (χ1n) is 9.05. The number of para-hydroxylation sites is 1. The number of nitrogens with one attached hydrogen (secondary N) is 1. The lowest BCUT2D eigenvalue weighted by Crippen LogP contribution is -2.21. The third kappa shape index (κ3) is 3.11. The normalized spacial score (nSPS) is 12.1. The average molecular weight is 375 g/mol. The van der Waals surface area contributed by atoms with Crippen LogP contribution in [0.25, 0.3) is 17.1 Å². The van der Waals surface area contributed by atoms with Crippen LogP contribution in [0.3, 0.4) is 0 Å². The molecule has 0 fully saturated rings. The number of nitrogens with zero attached hydrogens (tertiary/aromatic N) is 4. The van der Waals surface area contributed by atoms with Crippen molar-refractivity contribution in [1.29, 1.82) is 0 Å². The summed E-state index contributed by atoms with van der Waals surface area (Å²) in [6, 6.07) is 18.8. The Kier molecular flexibility index (Phi) is 4.57. The molecule has 1 unspecified atom stereocenters. The molecule has 142 valence electrons. The number of anilines is 1. The van der Waals surface area contributed by atoms with Gasteiger partial charge in [0.2, 0.25) is 11.8 Å². The highest BCUT2D eigenvalue weighted by Crippen LogP contribution is 2.23. The lowest BCUT2D eigenvalue weighted by Gasteiger charge is -2.09. The summed E-state index contributed by atoms with van der Waals surface area (Å²) in [6.07, 6.45) is 0. The van der Waals surface area contributed by atoms with Crippen molar-refractivity contribution >= 4 is 5.69 Å². The molecule has 4 rings (SSSR count). The lowest BCUT2D eigenvalue weighted by molar-refractivity contribution is 0.485. The molecule has 0 aliphatic rings. The first kappa shape index (κ1) is 17.8. The van der Waals surface area contributed by atoms with Crippen molar-refractivity contribution < 1.29 is 4.42 Å². The van der Waals surface area contributed by atoms with E-state index in [2.05, 4.69) is 15.5 Å². The van der Waals surface area contributed by atoms with E-state index in [4.69, 9.17) is 4.42 Å². The van der Waals surface area contributed by atoms with Gasteiger partial charge < -0.3 is 9.73 Å². The SMILES string of the molecule is Cc1c(NC(C)c2nnc(-c3ccccc3)o2)c(=O)n(-c2ccccc2)n1C. The van der Waals surface area contributed by atoms with E-state index in [0.717, 1.165) is 16.9 Å². The van der Waals surface area contributed by atoms with Crippen LogP contribution in [0.1, 0.15) is 24.6 Å². The first-order valence-corrected chi connectivity index (χ1v) is 9.05. The molecule has 7 nitrogen and oxygen atoms in total. The number of benzene rings is 2. The first-order chi connectivity index (χ1) is 13.6. The lowest BCUT2D eigenvalue weighted by atomic mass is 10.2. The van der Waals surface area contributed by atoms with E-state index in [1.54, 1.807) is 4.68 Å². The van der Waals surface area contributed by atoms with Crippen LogP contribution in [0.5, 0.6) is 0 Å². The molecule has 0 spiro atoms. The van der Waals surface area contributed by atoms with Gasteiger partial charge >= 0.3 is 0 Å². The third-order valence-electron chi connectivity index (χ3n) is 4.75. The largest absolute Gasteiger partial charge is 0.418 e. The fourth-order valence-electron chi connectivity index (χ4n) is 3.12. The zero-order valence-electron chi connectivity index (χ0n) is 16.0. The quantitative estimate of drug-likeness (QED) is 0.575. The number of rotatable bonds is 5. The third-order valence-corrected chi connectivity index (χ3v) is 4.75. The molecule has 2 aromatic heterocycles. The van der Waals surface area contributed by atoms with Crippen LogP contribution >= 0.6 is 0 Å². The smallest absolute Gasteiger partial charge is 0.295 e. The van der Waals surface area contributed by atoms with Gasteiger partial charge in [-0.15, -0.1) is 10.2 Å². The summed E-state index contributed by atoms with van der Waals surface area (Å²) in [7, 11) is 1.86. The predicted molar refractivity (Wildman–Crippen MR) is 108 cm³/mol. The highest BCUT2D eigenvalue weighted by molar-refractivity contribution is 5.52. The second kappa shape index (κ2) is 7.19. The summed E-state index contributed by atoms with van der Waals surface area (Å²) in [6.45, 7) is 3.79. The van der Waals surface area contributed by atoms with Gasteiger partial charge in [0.25, 0.3) is 5.56 Å². The Bertz CT molecular complexity index is 1140. The van der Waals surface area contributed by atoms with Crippen LogP contribution in [0, 0.1) is 6.92 Å². The molecule has 28 heavy (non-hydrogen) atoms. The van der Waals surface area contributed by atoms with Crippen LogP contribution in [-0.4, -0.2) is 19.6 Å². The van der Waals surface area contributed by atoms with Crippen LogP contribution in [0.15, 0.2) is 69.9 Å². The molecule has 2 aromatic carbocycles. The van der Waals surface area contributed by atoms with E-state index >= 15 is 0 Å². The molecular weight excluding hydrogens is 354 g/mol. The average Bonchev–Trinajstić information content (AvgIpc) is 3.30. The molecule has 0 aliphatic heterocycles. The topological polar surface area (TPSA) is 77.9 Å². The van der Waals surface area contributed by atoms with Crippen molar-refractivity contribution in [3.63, 3.8) is 0 Å². The molecule has 0 bridgehead atoms. The minimum absolute atomic E-state index is 0.124. The van der Waals surface area contributed by atoms with Crippen molar-refractivity contribution in [3.05, 3.63) is 82.6 Å². The Hall–Kier alpha value is -3.61. The Labute approximate surface area is 162 Å². The van der Waals surface area contributed by atoms with E-state index in [9.17, 15) is 4.79 Å². The van der Waals surface area contributed by atoms with Gasteiger partial charge in [-0.25, -0.2) is 4.68 Å². The van der Waals surface area contributed by atoms with Crippen LogP contribution in [-0.2, 0) is 7.05 Å². The molecule has 7 heteroatoms. The molecule has 0 saturated carbocycles. The van der Waals surface area contributed by atoms with Crippen LogP contribution in [0.2, 0.25) is 0 Å². The van der Waals surface area contributed by atoms with E-state index in [1.807, 2.05) is 86.2 Å². The van der Waals surface area contributed by atoms with E-state index in [0.29, 0.717) is 17.5 Å². The number of hydrogen-bond donors (Lipinski definition) is 1. The van der Waals surface area contributed by atoms with Crippen LogP contribution < -0.4 is 10.9 Å². The van der Waals surface area contributed by atoms with E-state index in [1.165, 1.54) is 0 Å². The summed E-state index contributed by atoms with van der Waals surface area (Å²) in [4.78, 5) is 13.0. The molecule has 2 heterocycles. The van der Waals surface area contributed by atoms with Gasteiger partial charge in [-0.1, -0.05) is 36.4 Å². The van der Waals surface area contributed by atoms with Gasteiger partial charge in [0.05, 0.1) is 11.4 Å². The predicted octanol–water partition coefficient (Wildman–Crippen LogP) is 3.71. The summed E-state index contributed by atoms with van der Waals surface area (Å²) in [5, 5.41) is 11.5. The van der Waals surface area contributed by atoms with Crippen molar-refractivity contribution in [1.82, 2.24) is 19.6 Å². The summed E-state index contributed by atoms with van der Waals surface area (Å²) in [5.74, 6) is 0.878.